The van der Waals surface area contributed by atoms with E-state index in [0.29, 0.717) is 0 Å². The van der Waals surface area contributed by atoms with Crippen molar-refractivity contribution in [3.05, 3.63) is 41.5 Å². The maximum Gasteiger partial charge on any atom is 0.132 e. The number of aliphatic hydroxyl groups is 1. The first kappa shape index (κ1) is 20.9. The summed E-state index contributed by atoms with van der Waals surface area (Å²) >= 11 is 0. The molecule has 0 aromatic heterocycles. The first-order valence-corrected chi connectivity index (χ1v) is 13.7. The van der Waals surface area contributed by atoms with Gasteiger partial charge in [-0.25, -0.2) is 0 Å². The smallest absolute Gasteiger partial charge is 0.132 e. The van der Waals surface area contributed by atoms with E-state index in [2.05, 4.69) is 39.9 Å². The van der Waals surface area contributed by atoms with Crippen LogP contribution >= 0.6 is 0 Å². The second-order valence-corrected chi connectivity index (χ2v) is 14.1. The zero-order chi connectivity index (χ0) is 20.5. The van der Waals surface area contributed by atoms with E-state index < -0.39 is 13.7 Å². The summed E-state index contributed by atoms with van der Waals surface area (Å²) in [6.07, 6.45) is 5.08. The van der Waals surface area contributed by atoms with Gasteiger partial charge in [0.2, 0.25) is 0 Å². The SMILES string of the molecule is CCCCCC[Si](C)(C)c1cc(O)c2c(c1)OC(C)(C)c1ccc(CO)cc1-2. The molecule has 152 valence electrons. The van der Waals surface area contributed by atoms with Crippen molar-refractivity contribution in [2.45, 2.75) is 77.8 Å². The molecular weight excluding hydrogens is 364 g/mol. The molecule has 1 heterocycles. The number of hydrogen-bond donors (Lipinski definition) is 2. The minimum absolute atomic E-state index is 0.0134. The average molecular weight is 399 g/mol. The van der Waals surface area contributed by atoms with Gasteiger partial charge in [0.1, 0.15) is 17.1 Å². The third-order valence-electron chi connectivity index (χ3n) is 6.07. The van der Waals surface area contributed by atoms with E-state index in [1.807, 2.05) is 24.3 Å². The van der Waals surface area contributed by atoms with Crippen LogP contribution in [0.3, 0.4) is 0 Å². The van der Waals surface area contributed by atoms with E-state index >= 15 is 0 Å². The number of aromatic hydroxyl groups is 1. The summed E-state index contributed by atoms with van der Waals surface area (Å²) in [5, 5.41) is 21.8. The fourth-order valence-corrected chi connectivity index (χ4v) is 6.70. The molecule has 0 amide bonds. The highest BCUT2D eigenvalue weighted by molar-refractivity contribution is 6.89. The monoisotopic (exact) mass is 398 g/mol. The lowest BCUT2D eigenvalue weighted by atomic mass is 9.85. The number of benzene rings is 2. The summed E-state index contributed by atoms with van der Waals surface area (Å²) in [7, 11) is -1.66. The van der Waals surface area contributed by atoms with E-state index in [1.54, 1.807) is 0 Å². The molecule has 0 radical (unpaired) electrons. The summed E-state index contributed by atoms with van der Waals surface area (Å²) in [6.45, 7) is 11.1. The minimum Gasteiger partial charge on any atom is -0.507 e. The largest absolute Gasteiger partial charge is 0.507 e. The number of phenolic OH excluding ortho intramolecular Hbond substituents is 1. The van der Waals surface area contributed by atoms with Crippen LogP contribution in [-0.2, 0) is 12.2 Å². The Bertz CT molecular complexity index is 855. The topological polar surface area (TPSA) is 49.7 Å². The standard InChI is InChI=1S/C24H34O3Si/c1-6-7-8-9-12-28(4,5)18-14-21(26)23-19-13-17(16-25)10-11-20(19)24(2,3)27-22(23)15-18/h10-11,13-15,25-26H,6-9,12,16H2,1-5H3. The zero-order valence-electron chi connectivity index (χ0n) is 17.9. The number of aliphatic hydroxyl groups excluding tert-OH is 1. The van der Waals surface area contributed by atoms with Crippen molar-refractivity contribution in [3.8, 4) is 22.6 Å². The quantitative estimate of drug-likeness (QED) is 0.466. The molecule has 2 aromatic rings. The molecule has 2 aromatic carbocycles. The molecule has 28 heavy (non-hydrogen) atoms. The summed E-state index contributed by atoms with van der Waals surface area (Å²) in [6, 6.07) is 11.3. The molecule has 1 aliphatic heterocycles. The third-order valence-corrected chi connectivity index (χ3v) is 9.52. The minimum atomic E-state index is -1.66. The van der Waals surface area contributed by atoms with Crippen molar-refractivity contribution >= 4 is 13.3 Å². The fraction of sp³-hybridized carbons (Fsp3) is 0.500. The van der Waals surface area contributed by atoms with Gasteiger partial charge in [0.25, 0.3) is 0 Å². The van der Waals surface area contributed by atoms with Gasteiger partial charge < -0.3 is 14.9 Å². The highest BCUT2D eigenvalue weighted by Gasteiger charge is 2.36. The molecule has 0 atom stereocenters. The molecule has 2 N–H and O–H groups in total. The van der Waals surface area contributed by atoms with Crippen LogP contribution in [0.2, 0.25) is 19.1 Å². The Balaban J connectivity index is 2.03. The Kier molecular flexibility index (Phi) is 5.92. The van der Waals surface area contributed by atoms with Crippen LogP contribution in [0, 0.1) is 0 Å². The molecule has 0 saturated heterocycles. The number of rotatable bonds is 7. The highest BCUT2D eigenvalue weighted by atomic mass is 28.3. The van der Waals surface area contributed by atoms with Gasteiger partial charge in [0.05, 0.1) is 20.2 Å². The molecule has 1 aliphatic rings. The summed E-state index contributed by atoms with van der Waals surface area (Å²) in [5.41, 5.74) is 3.12. The third kappa shape index (κ3) is 3.99. The Morgan fingerprint density at radius 2 is 1.79 bits per heavy atom. The summed E-state index contributed by atoms with van der Waals surface area (Å²) < 4.78 is 6.38. The zero-order valence-corrected chi connectivity index (χ0v) is 18.9. The second kappa shape index (κ2) is 7.92. The summed E-state index contributed by atoms with van der Waals surface area (Å²) in [5.74, 6) is 1.05. The average Bonchev–Trinajstić information content (AvgIpc) is 2.63. The summed E-state index contributed by atoms with van der Waals surface area (Å²) in [4.78, 5) is 0. The first-order valence-electron chi connectivity index (χ1n) is 10.5. The maximum atomic E-state index is 11.0. The molecule has 3 nitrogen and oxygen atoms in total. The Morgan fingerprint density at radius 3 is 2.46 bits per heavy atom. The van der Waals surface area contributed by atoms with E-state index in [9.17, 15) is 10.2 Å². The second-order valence-electron chi connectivity index (χ2n) is 9.21. The molecule has 0 aliphatic carbocycles. The Morgan fingerprint density at radius 1 is 1.04 bits per heavy atom. The van der Waals surface area contributed by atoms with Crippen molar-refractivity contribution in [1.82, 2.24) is 0 Å². The van der Waals surface area contributed by atoms with Gasteiger partial charge in [0, 0.05) is 5.56 Å². The van der Waals surface area contributed by atoms with Gasteiger partial charge in [-0.3, -0.25) is 0 Å². The molecule has 0 saturated carbocycles. The number of hydrogen-bond acceptors (Lipinski definition) is 3. The van der Waals surface area contributed by atoms with Crippen LogP contribution in [0.15, 0.2) is 30.3 Å². The van der Waals surface area contributed by atoms with Crippen molar-refractivity contribution in [1.29, 1.82) is 0 Å². The predicted molar refractivity (Wildman–Crippen MR) is 119 cm³/mol. The molecular formula is C24H34O3Si. The fourth-order valence-electron chi connectivity index (χ4n) is 4.23. The molecule has 3 rings (SSSR count). The van der Waals surface area contributed by atoms with Gasteiger partial charge in [0.15, 0.2) is 0 Å². The number of unbranched alkanes of at least 4 members (excludes halogenated alkanes) is 3. The van der Waals surface area contributed by atoms with E-state index in [4.69, 9.17) is 4.74 Å². The van der Waals surface area contributed by atoms with E-state index in [0.717, 1.165) is 28.0 Å². The van der Waals surface area contributed by atoms with Crippen LogP contribution < -0.4 is 9.92 Å². The first-order chi connectivity index (χ1) is 13.2. The Hall–Kier alpha value is -1.78. The lowest BCUT2D eigenvalue weighted by Crippen LogP contribution is -2.41. The van der Waals surface area contributed by atoms with Gasteiger partial charge in [-0.1, -0.05) is 69.1 Å². The number of ether oxygens (including phenoxy) is 1. The van der Waals surface area contributed by atoms with Crippen LogP contribution in [-0.4, -0.2) is 18.3 Å². The van der Waals surface area contributed by atoms with Gasteiger partial charge in [-0.15, -0.1) is 0 Å². The Labute approximate surface area is 170 Å². The lowest BCUT2D eigenvalue weighted by molar-refractivity contribution is 0.105. The number of fused-ring (bicyclic) bond motifs is 3. The van der Waals surface area contributed by atoms with Crippen LogP contribution in [0.25, 0.3) is 11.1 Å². The normalized spacial score (nSPS) is 14.9. The highest BCUT2D eigenvalue weighted by Crippen LogP contribution is 2.49. The molecule has 4 heteroatoms. The predicted octanol–water partition coefficient (Wildman–Crippen LogP) is 5.67. The number of phenols is 1. The van der Waals surface area contributed by atoms with Crippen molar-refractivity contribution < 1.29 is 14.9 Å². The molecule has 0 fully saturated rings. The lowest BCUT2D eigenvalue weighted by Gasteiger charge is -2.36. The van der Waals surface area contributed by atoms with Gasteiger partial charge in [-0.05, 0) is 43.2 Å². The van der Waals surface area contributed by atoms with Crippen LogP contribution in [0.4, 0.5) is 0 Å². The van der Waals surface area contributed by atoms with E-state index in [1.165, 1.54) is 36.9 Å². The van der Waals surface area contributed by atoms with E-state index in [-0.39, 0.29) is 12.4 Å². The van der Waals surface area contributed by atoms with Crippen LogP contribution in [0.1, 0.15) is 57.6 Å². The van der Waals surface area contributed by atoms with Crippen molar-refractivity contribution in [2.75, 3.05) is 0 Å². The van der Waals surface area contributed by atoms with Crippen LogP contribution in [0.5, 0.6) is 11.5 Å². The van der Waals surface area contributed by atoms with Gasteiger partial charge in [-0.2, -0.15) is 0 Å². The molecule has 0 spiro atoms. The molecule has 0 bridgehead atoms. The maximum absolute atomic E-state index is 11.0. The van der Waals surface area contributed by atoms with Crippen molar-refractivity contribution in [2.24, 2.45) is 0 Å². The molecule has 0 unspecified atom stereocenters. The van der Waals surface area contributed by atoms with Gasteiger partial charge >= 0.3 is 0 Å². The van der Waals surface area contributed by atoms with Crippen molar-refractivity contribution in [3.63, 3.8) is 0 Å².